The van der Waals surface area contributed by atoms with E-state index < -0.39 is 11.9 Å². The van der Waals surface area contributed by atoms with Crippen LogP contribution in [-0.4, -0.2) is 32.1 Å². The molecular formula is C15H18N2O4. The van der Waals surface area contributed by atoms with Crippen molar-refractivity contribution >= 4 is 12.3 Å². The number of hydrogen-bond acceptors (Lipinski definition) is 4. The van der Waals surface area contributed by atoms with Gasteiger partial charge in [0.15, 0.2) is 0 Å². The van der Waals surface area contributed by atoms with Gasteiger partial charge in [-0.2, -0.15) is 0 Å². The minimum atomic E-state index is -0.694. The van der Waals surface area contributed by atoms with E-state index in [2.05, 4.69) is 27.5 Å². The smallest absolute Gasteiger partial charge is 0.266 e. The van der Waals surface area contributed by atoms with Crippen molar-refractivity contribution in [3.63, 3.8) is 0 Å². The van der Waals surface area contributed by atoms with Gasteiger partial charge in [-0.25, -0.2) is 5.48 Å². The third-order valence-electron chi connectivity index (χ3n) is 2.64. The molecule has 1 aromatic rings. The highest BCUT2D eigenvalue weighted by atomic mass is 16.6. The highest BCUT2D eigenvalue weighted by Gasteiger charge is 2.17. The Labute approximate surface area is 123 Å². The monoisotopic (exact) mass is 290 g/mol. The predicted molar refractivity (Wildman–Crippen MR) is 77.2 cm³/mol. The van der Waals surface area contributed by atoms with Crippen molar-refractivity contribution in [3.05, 3.63) is 29.8 Å². The molecule has 2 N–H and O–H groups in total. The van der Waals surface area contributed by atoms with Gasteiger partial charge in [-0.3, -0.25) is 14.4 Å². The normalized spacial score (nSPS) is 10.8. The maximum Gasteiger partial charge on any atom is 0.266 e. The van der Waals surface area contributed by atoms with Crippen LogP contribution in [-0.2, 0) is 20.8 Å². The Bertz CT molecular complexity index is 517. The summed E-state index contributed by atoms with van der Waals surface area (Å²) in [6, 6.07) is 6.54. The van der Waals surface area contributed by atoms with Crippen LogP contribution >= 0.6 is 0 Å². The lowest BCUT2D eigenvalue weighted by molar-refractivity contribution is -0.134. The van der Waals surface area contributed by atoms with E-state index in [-0.39, 0.29) is 0 Å². The summed E-state index contributed by atoms with van der Waals surface area (Å²) in [5.74, 6) is 5.83. The van der Waals surface area contributed by atoms with E-state index in [1.165, 1.54) is 7.11 Å². The van der Waals surface area contributed by atoms with E-state index in [0.717, 1.165) is 5.56 Å². The average molecular weight is 290 g/mol. The molecule has 1 unspecified atom stereocenters. The van der Waals surface area contributed by atoms with E-state index in [1.807, 2.05) is 12.1 Å². The fourth-order valence-corrected chi connectivity index (χ4v) is 1.63. The first-order valence-electron chi connectivity index (χ1n) is 6.35. The standard InChI is InChI=1S/C15H18N2O4/c1-3-4-9-21-13-7-5-12(6-8-13)10-14(16-11-18)15(19)17-20-2/h5-8,11,14H,9-10H2,1-2H3,(H,16,18)(H,17,19). The van der Waals surface area contributed by atoms with Crippen molar-refractivity contribution in [2.24, 2.45) is 0 Å². The van der Waals surface area contributed by atoms with Crippen molar-refractivity contribution < 1.29 is 19.2 Å². The van der Waals surface area contributed by atoms with Gasteiger partial charge in [0, 0.05) is 6.42 Å². The molecule has 2 amide bonds. The number of carbonyl (C=O) groups excluding carboxylic acids is 2. The fraction of sp³-hybridized carbons (Fsp3) is 0.333. The van der Waals surface area contributed by atoms with Crippen LogP contribution in [0.15, 0.2) is 24.3 Å². The van der Waals surface area contributed by atoms with Crippen LogP contribution in [0.2, 0.25) is 0 Å². The number of hydroxylamine groups is 1. The third kappa shape index (κ3) is 5.97. The van der Waals surface area contributed by atoms with E-state index in [9.17, 15) is 9.59 Å². The van der Waals surface area contributed by atoms with Gasteiger partial charge in [0.2, 0.25) is 6.41 Å². The molecule has 0 bridgehead atoms. The highest BCUT2D eigenvalue weighted by Crippen LogP contribution is 2.13. The van der Waals surface area contributed by atoms with Crippen LogP contribution < -0.4 is 15.5 Å². The number of benzene rings is 1. The zero-order chi connectivity index (χ0) is 15.5. The van der Waals surface area contributed by atoms with Gasteiger partial charge in [0.05, 0.1) is 7.11 Å². The molecule has 0 fully saturated rings. The number of hydrogen-bond donors (Lipinski definition) is 2. The summed E-state index contributed by atoms with van der Waals surface area (Å²) in [4.78, 5) is 26.8. The molecule has 112 valence electrons. The highest BCUT2D eigenvalue weighted by molar-refractivity contribution is 5.83. The molecule has 6 heteroatoms. The van der Waals surface area contributed by atoms with Gasteiger partial charge < -0.3 is 10.1 Å². The molecule has 1 aromatic carbocycles. The first-order valence-corrected chi connectivity index (χ1v) is 6.35. The van der Waals surface area contributed by atoms with Gasteiger partial charge in [0.25, 0.3) is 5.91 Å². The summed E-state index contributed by atoms with van der Waals surface area (Å²) in [5.41, 5.74) is 3.08. The Morgan fingerprint density at radius 3 is 2.67 bits per heavy atom. The molecule has 1 rings (SSSR count). The molecule has 0 radical (unpaired) electrons. The van der Waals surface area contributed by atoms with E-state index in [0.29, 0.717) is 25.2 Å². The molecule has 6 nitrogen and oxygen atoms in total. The van der Waals surface area contributed by atoms with Crippen molar-refractivity contribution in [1.29, 1.82) is 0 Å². The number of nitrogens with one attached hydrogen (secondary N) is 2. The number of ether oxygens (including phenoxy) is 1. The second-order valence-electron chi connectivity index (χ2n) is 4.07. The molecule has 21 heavy (non-hydrogen) atoms. The van der Waals surface area contributed by atoms with Crippen LogP contribution in [0.3, 0.4) is 0 Å². The van der Waals surface area contributed by atoms with Crippen molar-refractivity contribution in [3.8, 4) is 17.6 Å². The van der Waals surface area contributed by atoms with Crippen LogP contribution in [0.25, 0.3) is 0 Å². The minimum Gasteiger partial charge on any atom is -0.481 e. The van der Waals surface area contributed by atoms with Crippen LogP contribution in [0, 0.1) is 11.8 Å². The molecule has 1 atom stereocenters. The lowest BCUT2D eigenvalue weighted by Crippen LogP contribution is -2.44. The molecule has 0 saturated heterocycles. The Morgan fingerprint density at radius 1 is 1.38 bits per heavy atom. The van der Waals surface area contributed by atoms with E-state index in [4.69, 9.17) is 4.74 Å². The predicted octanol–water partition coefficient (Wildman–Crippen LogP) is 0.423. The molecule has 0 saturated carbocycles. The van der Waals surface area contributed by atoms with Crippen LogP contribution in [0.5, 0.6) is 5.75 Å². The topological polar surface area (TPSA) is 76.7 Å². The summed E-state index contributed by atoms with van der Waals surface area (Å²) in [5, 5.41) is 2.45. The summed E-state index contributed by atoms with van der Waals surface area (Å²) in [6.07, 6.45) is 0.837. The Kier molecular flexibility index (Phi) is 7.40. The zero-order valence-corrected chi connectivity index (χ0v) is 12.0. The van der Waals surface area contributed by atoms with Gasteiger partial charge in [-0.05, 0) is 24.6 Å². The molecule has 0 aromatic heterocycles. The Hall–Kier alpha value is -2.52. The molecule has 0 spiro atoms. The second-order valence-corrected chi connectivity index (χ2v) is 4.07. The van der Waals surface area contributed by atoms with Crippen molar-refractivity contribution in [2.45, 2.75) is 19.4 Å². The summed E-state index contributed by atoms with van der Waals surface area (Å²) in [7, 11) is 1.33. The zero-order valence-electron chi connectivity index (χ0n) is 12.0. The Balaban J connectivity index is 2.64. The molecule has 0 aliphatic rings. The van der Waals surface area contributed by atoms with Gasteiger partial charge in [-0.1, -0.05) is 18.1 Å². The largest absolute Gasteiger partial charge is 0.481 e. The second kappa shape index (κ2) is 9.39. The average Bonchev–Trinajstić information content (AvgIpc) is 2.49. The lowest BCUT2D eigenvalue weighted by Gasteiger charge is -2.15. The third-order valence-corrected chi connectivity index (χ3v) is 2.64. The van der Waals surface area contributed by atoms with E-state index >= 15 is 0 Å². The maximum absolute atomic E-state index is 11.7. The van der Waals surface area contributed by atoms with E-state index in [1.54, 1.807) is 19.1 Å². The van der Waals surface area contributed by atoms with Crippen LogP contribution in [0.4, 0.5) is 0 Å². The quantitative estimate of drug-likeness (QED) is 0.413. The molecule has 0 heterocycles. The maximum atomic E-state index is 11.7. The number of amides is 2. The van der Waals surface area contributed by atoms with Gasteiger partial charge >= 0.3 is 0 Å². The van der Waals surface area contributed by atoms with Crippen molar-refractivity contribution in [1.82, 2.24) is 10.8 Å². The lowest BCUT2D eigenvalue weighted by atomic mass is 10.1. The molecule has 0 aliphatic heterocycles. The summed E-state index contributed by atoms with van der Waals surface area (Å²) >= 11 is 0. The molecule has 0 aliphatic carbocycles. The van der Waals surface area contributed by atoms with Crippen LogP contribution in [0.1, 0.15) is 12.5 Å². The SMILES string of the molecule is CC#CCOc1ccc(CC(NC=O)C(=O)NOC)cc1. The van der Waals surface area contributed by atoms with Gasteiger partial charge in [0.1, 0.15) is 18.4 Å². The Morgan fingerprint density at radius 2 is 2.10 bits per heavy atom. The summed E-state index contributed by atoms with van der Waals surface area (Å²) < 4.78 is 5.40. The van der Waals surface area contributed by atoms with Crippen molar-refractivity contribution in [2.75, 3.05) is 13.7 Å². The van der Waals surface area contributed by atoms with Gasteiger partial charge in [-0.15, -0.1) is 5.92 Å². The summed E-state index contributed by atoms with van der Waals surface area (Å²) in [6.45, 7) is 2.08. The number of carbonyl (C=O) groups is 2. The minimum absolute atomic E-state index is 0.335. The first kappa shape index (κ1) is 16.5. The molecular weight excluding hydrogens is 272 g/mol. The fourth-order valence-electron chi connectivity index (χ4n) is 1.63. The first-order chi connectivity index (χ1) is 10.2. The number of rotatable bonds is 8.